The van der Waals surface area contributed by atoms with E-state index in [-0.39, 0.29) is 35.9 Å². The Bertz CT molecular complexity index is 1290. The third kappa shape index (κ3) is 5.81. The highest BCUT2D eigenvalue weighted by Gasteiger charge is 2.57. The van der Waals surface area contributed by atoms with E-state index in [0.717, 1.165) is 38.1 Å². The quantitative estimate of drug-likeness (QED) is 0.222. The number of rotatable bonds is 9. The van der Waals surface area contributed by atoms with Crippen molar-refractivity contribution in [2.45, 2.75) is 51.6 Å². The lowest BCUT2D eigenvalue weighted by Crippen LogP contribution is -2.46. The molecule has 0 spiro atoms. The monoisotopic (exact) mass is 613 g/mol. The summed E-state index contributed by atoms with van der Waals surface area (Å²) in [6.07, 6.45) is 4.47. The summed E-state index contributed by atoms with van der Waals surface area (Å²) in [5, 5.41) is 23.0. The highest BCUT2D eigenvalue weighted by molar-refractivity contribution is 9.10. The van der Waals surface area contributed by atoms with Crippen LogP contribution in [0.2, 0.25) is 6.32 Å². The molecule has 4 atom stereocenters. The molecule has 2 aromatic rings. The number of ether oxygens (including phenoxy) is 1. The number of allylic oxidation sites excluding steroid dienone is 1. The maximum Gasteiger partial charge on any atom is 0.455 e. The van der Waals surface area contributed by atoms with Crippen LogP contribution in [-0.2, 0) is 25.5 Å². The molecule has 0 bridgehead atoms. The van der Waals surface area contributed by atoms with Gasteiger partial charge in [0.2, 0.25) is 11.8 Å². The van der Waals surface area contributed by atoms with Crippen LogP contribution in [0.5, 0.6) is 5.75 Å². The van der Waals surface area contributed by atoms with Gasteiger partial charge in [-0.2, -0.15) is 0 Å². The minimum Gasteiger partial charge on any atom is -0.507 e. The number of aromatic hydroxyl groups is 1. The molecule has 3 aliphatic rings. The molecule has 2 N–H and O–H groups in total. The fraction of sp³-hybridized carbons (Fsp3) is 0.448. The first kappa shape index (κ1) is 28.3. The van der Waals surface area contributed by atoms with Crippen LogP contribution in [-0.4, -0.2) is 53.8 Å². The Kier molecular flexibility index (Phi) is 8.78. The molecule has 2 saturated heterocycles. The van der Waals surface area contributed by atoms with E-state index in [2.05, 4.69) is 22.9 Å². The van der Waals surface area contributed by atoms with E-state index in [1.54, 1.807) is 19.2 Å². The van der Waals surface area contributed by atoms with Gasteiger partial charge >= 0.3 is 7.12 Å². The number of benzene rings is 1. The molecule has 5 rings (SSSR count). The van der Waals surface area contributed by atoms with Crippen molar-refractivity contribution in [2.24, 2.45) is 17.8 Å². The lowest BCUT2D eigenvalue weighted by atomic mass is 9.58. The number of phenolic OH excluding ortho intramolecular Hbond substituents is 1. The van der Waals surface area contributed by atoms with E-state index in [1.165, 1.54) is 16.2 Å². The van der Waals surface area contributed by atoms with Crippen LogP contribution < -0.4 is 0 Å². The van der Waals surface area contributed by atoms with Gasteiger partial charge in [0.1, 0.15) is 5.75 Å². The number of thiophene rings is 1. The Hall–Kier alpha value is -2.24. The Balaban J connectivity index is 1.41. The zero-order chi connectivity index (χ0) is 27.7. The van der Waals surface area contributed by atoms with Crippen molar-refractivity contribution in [1.82, 2.24) is 4.90 Å². The summed E-state index contributed by atoms with van der Waals surface area (Å²) in [5.41, 5.74) is 3.90. The standard InChI is InChI=1S/C29H33BBrNO6S/c1-3-17(11-18-12-20(31)7-8-24(18)33)6-9-25-26-19(16-37-2)13-22-27(23(26)14-30(36)38-25)29(35)32(28(22)34)15-21-5-4-10-39-21/h4-5,7-8,10-12,22-23,25,27,33,36H,3,6,9,13-16H2,1-2H3/b17-11+/t22-,23+,25-,27-/m1/s1. The highest BCUT2D eigenvalue weighted by atomic mass is 79.9. The number of likely N-dealkylation sites (tertiary alicyclic amines) is 1. The van der Waals surface area contributed by atoms with Crippen molar-refractivity contribution in [1.29, 1.82) is 0 Å². The fourth-order valence-corrected chi connectivity index (χ4v) is 7.45. The SMILES string of the molecule is CC/C(=C\c1cc(Br)ccc1O)CC[C@H]1OB(O)C[C@H]2C1=C(COC)C[C@H]1C(=O)N(Cc3cccs3)C(=O)[C@H]12. The average Bonchev–Trinajstić information content (AvgIpc) is 3.51. The fourth-order valence-electron chi connectivity index (χ4n) is 6.38. The summed E-state index contributed by atoms with van der Waals surface area (Å²) in [5.74, 6) is -1.26. The van der Waals surface area contributed by atoms with Crippen molar-refractivity contribution in [3.05, 3.63) is 67.3 Å². The Labute approximate surface area is 241 Å². The summed E-state index contributed by atoms with van der Waals surface area (Å²) < 4.78 is 12.5. The molecule has 1 aromatic carbocycles. The molecule has 1 aliphatic carbocycles. The van der Waals surface area contributed by atoms with Crippen molar-refractivity contribution in [3.63, 3.8) is 0 Å². The Morgan fingerprint density at radius 2 is 2.10 bits per heavy atom. The second kappa shape index (κ2) is 12.1. The van der Waals surface area contributed by atoms with Crippen LogP contribution in [0.15, 0.2) is 56.9 Å². The van der Waals surface area contributed by atoms with Gasteiger partial charge in [0.05, 0.1) is 31.1 Å². The highest BCUT2D eigenvalue weighted by Crippen LogP contribution is 2.51. The summed E-state index contributed by atoms with van der Waals surface area (Å²) in [6.45, 7) is 2.73. The zero-order valence-electron chi connectivity index (χ0n) is 22.1. The van der Waals surface area contributed by atoms with E-state index in [1.807, 2.05) is 29.7 Å². The number of nitrogens with zero attached hydrogens (tertiary/aromatic N) is 1. The first-order valence-corrected chi connectivity index (χ1v) is 15.1. The van der Waals surface area contributed by atoms with Gasteiger partial charge in [0.25, 0.3) is 0 Å². The molecule has 3 heterocycles. The average molecular weight is 614 g/mol. The molecule has 206 valence electrons. The van der Waals surface area contributed by atoms with E-state index in [0.29, 0.717) is 32.4 Å². The lowest BCUT2D eigenvalue weighted by Gasteiger charge is -2.43. The molecular formula is C29H33BBrNO6S. The van der Waals surface area contributed by atoms with Gasteiger partial charge in [-0.3, -0.25) is 14.5 Å². The number of halogens is 1. The minimum absolute atomic E-state index is 0.131. The third-order valence-corrected chi connectivity index (χ3v) is 9.50. The van der Waals surface area contributed by atoms with Crippen molar-refractivity contribution >= 4 is 52.3 Å². The topological polar surface area (TPSA) is 96.3 Å². The van der Waals surface area contributed by atoms with Crippen molar-refractivity contribution in [2.75, 3.05) is 13.7 Å². The van der Waals surface area contributed by atoms with Gasteiger partial charge in [-0.15, -0.1) is 11.3 Å². The number of imide groups is 1. The van der Waals surface area contributed by atoms with Crippen LogP contribution in [0.25, 0.3) is 6.08 Å². The summed E-state index contributed by atoms with van der Waals surface area (Å²) in [6, 6.07) is 9.20. The maximum absolute atomic E-state index is 13.7. The van der Waals surface area contributed by atoms with Crippen LogP contribution in [0.1, 0.15) is 43.0 Å². The second-order valence-corrected chi connectivity index (χ2v) is 12.4. The van der Waals surface area contributed by atoms with Crippen LogP contribution in [0.3, 0.4) is 0 Å². The van der Waals surface area contributed by atoms with Gasteiger partial charge in [-0.25, -0.2) is 0 Å². The molecule has 10 heteroatoms. The van der Waals surface area contributed by atoms with E-state index >= 15 is 0 Å². The number of carbonyl (C=O) groups is 2. The molecule has 39 heavy (non-hydrogen) atoms. The molecule has 0 radical (unpaired) electrons. The number of fused-ring (bicyclic) bond motifs is 3. The number of amides is 2. The van der Waals surface area contributed by atoms with Crippen LogP contribution in [0.4, 0.5) is 0 Å². The summed E-state index contributed by atoms with van der Waals surface area (Å²) in [7, 11) is 0.624. The van der Waals surface area contributed by atoms with Crippen molar-refractivity contribution in [3.8, 4) is 5.75 Å². The van der Waals surface area contributed by atoms with Gasteiger partial charge in [-0.1, -0.05) is 40.6 Å². The summed E-state index contributed by atoms with van der Waals surface area (Å²) >= 11 is 5.00. The predicted molar refractivity (Wildman–Crippen MR) is 155 cm³/mol. The first-order chi connectivity index (χ1) is 18.8. The van der Waals surface area contributed by atoms with Gasteiger partial charge in [-0.05, 0) is 78.7 Å². The van der Waals surface area contributed by atoms with E-state index in [9.17, 15) is 19.7 Å². The lowest BCUT2D eigenvalue weighted by molar-refractivity contribution is -0.140. The Morgan fingerprint density at radius 1 is 1.28 bits per heavy atom. The molecule has 7 nitrogen and oxygen atoms in total. The predicted octanol–water partition coefficient (Wildman–Crippen LogP) is 5.43. The molecule has 2 fully saturated rings. The number of hydrogen-bond donors (Lipinski definition) is 2. The van der Waals surface area contributed by atoms with Crippen LogP contribution in [0, 0.1) is 17.8 Å². The smallest absolute Gasteiger partial charge is 0.455 e. The summed E-state index contributed by atoms with van der Waals surface area (Å²) in [4.78, 5) is 29.5. The third-order valence-electron chi connectivity index (χ3n) is 8.14. The number of hydrogen-bond acceptors (Lipinski definition) is 7. The molecule has 2 amide bonds. The molecule has 0 saturated carbocycles. The normalized spacial score (nSPS) is 25.4. The largest absolute Gasteiger partial charge is 0.507 e. The van der Waals surface area contributed by atoms with E-state index < -0.39 is 19.0 Å². The van der Waals surface area contributed by atoms with Gasteiger partial charge in [0, 0.05) is 22.0 Å². The first-order valence-electron chi connectivity index (χ1n) is 13.4. The Morgan fingerprint density at radius 3 is 2.82 bits per heavy atom. The second-order valence-electron chi connectivity index (χ2n) is 10.5. The molecule has 2 aliphatic heterocycles. The van der Waals surface area contributed by atoms with E-state index in [4.69, 9.17) is 9.39 Å². The van der Waals surface area contributed by atoms with Gasteiger partial charge in [0.15, 0.2) is 0 Å². The maximum atomic E-state index is 13.7. The van der Waals surface area contributed by atoms with Gasteiger partial charge < -0.3 is 19.5 Å². The number of methoxy groups -OCH3 is 1. The van der Waals surface area contributed by atoms with Crippen molar-refractivity contribution < 1.29 is 29.1 Å². The minimum atomic E-state index is -1.01. The van der Waals surface area contributed by atoms with Crippen LogP contribution >= 0.6 is 27.3 Å². The number of phenols is 1. The molecule has 0 unspecified atom stereocenters. The zero-order valence-corrected chi connectivity index (χ0v) is 24.5. The molecular weight excluding hydrogens is 581 g/mol. The number of carbonyl (C=O) groups excluding carboxylic acids is 2. The molecule has 1 aromatic heterocycles.